The lowest BCUT2D eigenvalue weighted by molar-refractivity contribution is 0.338. The molecule has 1 N–H and O–H groups in total. The fraction of sp³-hybridized carbons (Fsp3) is 0.0769. The molecular weight excluding hydrogens is 226 g/mol. The van der Waals surface area contributed by atoms with Crippen LogP contribution in [-0.4, -0.2) is 12.2 Å². The Bertz CT molecular complexity index is 539. The van der Waals surface area contributed by atoms with Crippen molar-refractivity contribution in [3.8, 4) is 22.6 Å². The summed E-state index contributed by atoms with van der Waals surface area (Å²) < 4.78 is 31.9. The minimum absolute atomic E-state index is 0.00130. The van der Waals surface area contributed by atoms with E-state index >= 15 is 0 Å². The third kappa shape index (κ3) is 1.93. The Labute approximate surface area is 97.1 Å². The number of aromatic hydroxyl groups is 1. The summed E-state index contributed by atoms with van der Waals surface area (Å²) in [4.78, 5) is 0. The van der Waals surface area contributed by atoms with Crippen LogP contribution in [0.3, 0.4) is 0 Å². The quantitative estimate of drug-likeness (QED) is 0.866. The van der Waals surface area contributed by atoms with Crippen LogP contribution in [0, 0.1) is 11.6 Å². The van der Waals surface area contributed by atoms with Gasteiger partial charge in [0, 0.05) is 5.56 Å². The van der Waals surface area contributed by atoms with Crippen molar-refractivity contribution in [2.24, 2.45) is 0 Å². The number of hydrogen-bond acceptors (Lipinski definition) is 2. The average molecular weight is 236 g/mol. The number of halogens is 2. The Hall–Kier alpha value is -2.10. The van der Waals surface area contributed by atoms with E-state index in [0.29, 0.717) is 5.56 Å². The number of hydrogen-bond donors (Lipinski definition) is 1. The topological polar surface area (TPSA) is 29.5 Å². The van der Waals surface area contributed by atoms with E-state index in [1.807, 2.05) is 0 Å². The highest BCUT2D eigenvalue weighted by atomic mass is 19.1. The molecule has 0 saturated heterocycles. The second-order valence-electron chi connectivity index (χ2n) is 3.47. The Kier molecular flexibility index (Phi) is 2.95. The standard InChI is InChI=1S/C13H10F2O2/c1-17-13-10(14)7-9(11(15)12(13)16)8-5-3-2-4-6-8/h2-7,16H,1H3. The molecular formula is C13H10F2O2. The smallest absolute Gasteiger partial charge is 0.199 e. The molecule has 0 aliphatic heterocycles. The third-order valence-electron chi connectivity index (χ3n) is 2.44. The zero-order chi connectivity index (χ0) is 12.4. The highest BCUT2D eigenvalue weighted by Gasteiger charge is 2.19. The molecule has 2 nitrogen and oxygen atoms in total. The molecule has 0 radical (unpaired) electrons. The van der Waals surface area contributed by atoms with E-state index in [4.69, 9.17) is 0 Å². The Morgan fingerprint density at radius 1 is 1.12 bits per heavy atom. The van der Waals surface area contributed by atoms with Gasteiger partial charge in [-0.05, 0) is 11.6 Å². The molecule has 0 aliphatic rings. The van der Waals surface area contributed by atoms with Gasteiger partial charge in [0.2, 0.25) is 0 Å². The van der Waals surface area contributed by atoms with Crippen LogP contribution in [0.4, 0.5) is 8.78 Å². The van der Waals surface area contributed by atoms with Gasteiger partial charge >= 0.3 is 0 Å². The van der Waals surface area contributed by atoms with Gasteiger partial charge in [-0.2, -0.15) is 0 Å². The maximum atomic E-state index is 13.8. The number of phenols is 1. The van der Waals surface area contributed by atoms with Crippen molar-refractivity contribution in [2.75, 3.05) is 7.11 Å². The van der Waals surface area contributed by atoms with E-state index < -0.39 is 23.1 Å². The highest BCUT2D eigenvalue weighted by molar-refractivity contribution is 5.68. The van der Waals surface area contributed by atoms with Crippen molar-refractivity contribution in [3.63, 3.8) is 0 Å². The van der Waals surface area contributed by atoms with Crippen LogP contribution in [0.5, 0.6) is 11.5 Å². The monoisotopic (exact) mass is 236 g/mol. The molecule has 0 atom stereocenters. The fourth-order valence-corrected chi connectivity index (χ4v) is 1.62. The van der Waals surface area contributed by atoms with E-state index in [1.54, 1.807) is 30.3 Å². The maximum Gasteiger partial charge on any atom is 0.199 e. The van der Waals surface area contributed by atoms with Gasteiger partial charge in [0.25, 0.3) is 0 Å². The molecule has 88 valence electrons. The van der Waals surface area contributed by atoms with Crippen LogP contribution in [0.15, 0.2) is 36.4 Å². The average Bonchev–Trinajstić information content (AvgIpc) is 2.35. The lowest BCUT2D eigenvalue weighted by Crippen LogP contribution is -1.94. The molecule has 2 rings (SSSR count). The van der Waals surface area contributed by atoms with Gasteiger partial charge in [0.05, 0.1) is 7.11 Å². The van der Waals surface area contributed by atoms with Crippen molar-refractivity contribution < 1.29 is 18.6 Å². The Balaban J connectivity index is 2.65. The second-order valence-corrected chi connectivity index (χ2v) is 3.47. The predicted molar refractivity (Wildman–Crippen MR) is 60.0 cm³/mol. The minimum Gasteiger partial charge on any atom is -0.502 e. The second kappa shape index (κ2) is 4.41. The van der Waals surface area contributed by atoms with Gasteiger partial charge in [0.15, 0.2) is 23.1 Å². The zero-order valence-electron chi connectivity index (χ0n) is 9.08. The highest BCUT2D eigenvalue weighted by Crippen LogP contribution is 2.37. The number of rotatable bonds is 2. The van der Waals surface area contributed by atoms with Crippen molar-refractivity contribution in [2.45, 2.75) is 0 Å². The van der Waals surface area contributed by atoms with E-state index in [2.05, 4.69) is 4.74 Å². The molecule has 0 heterocycles. The van der Waals surface area contributed by atoms with Crippen LogP contribution in [-0.2, 0) is 0 Å². The van der Waals surface area contributed by atoms with Crippen LogP contribution in [0.2, 0.25) is 0 Å². The third-order valence-corrected chi connectivity index (χ3v) is 2.44. The van der Waals surface area contributed by atoms with Crippen LogP contribution >= 0.6 is 0 Å². The summed E-state index contributed by atoms with van der Waals surface area (Å²) in [6.45, 7) is 0. The molecule has 2 aromatic carbocycles. The maximum absolute atomic E-state index is 13.8. The molecule has 2 aromatic rings. The van der Waals surface area contributed by atoms with Gasteiger partial charge in [-0.25, -0.2) is 8.78 Å². The van der Waals surface area contributed by atoms with E-state index in [1.165, 1.54) is 7.11 Å². The summed E-state index contributed by atoms with van der Waals surface area (Å²) >= 11 is 0. The Morgan fingerprint density at radius 3 is 2.35 bits per heavy atom. The van der Waals surface area contributed by atoms with Crippen molar-refractivity contribution in [3.05, 3.63) is 48.0 Å². The van der Waals surface area contributed by atoms with Gasteiger partial charge in [0.1, 0.15) is 0 Å². The first-order valence-electron chi connectivity index (χ1n) is 4.95. The fourth-order valence-electron chi connectivity index (χ4n) is 1.62. The summed E-state index contributed by atoms with van der Waals surface area (Å²) in [5.74, 6) is -2.99. The van der Waals surface area contributed by atoms with Crippen LogP contribution < -0.4 is 4.74 Å². The first kappa shape index (κ1) is 11.4. The van der Waals surface area contributed by atoms with Crippen molar-refractivity contribution >= 4 is 0 Å². The van der Waals surface area contributed by atoms with E-state index in [9.17, 15) is 13.9 Å². The summed E-state index contributed by atoms with van der Waals surface area (Å²) in [5, 5.41) is 9.48. The molecule has 0 bridgehead atoms. The molecule has 0 fully saturated rings. The molecule has 0 aromatic heterocycles. The van der Waals surface area contributed by atoms with Gasteiger partial charge < -0.3 is 9.84 Å². The molecule has 0 aliphatic carbocycles. The SMILES string of the molecule is COc1c(F)cc(-c2ccccc2)c(F)c1O. The molecule has 0 amide bonds. The number of methoxy groups -OCH3 is 1. The first-order chi connectivity index (χ1) is 8.15. The van der Waals surface area contributed by atoms with E-state index in [-0.39, 0.29) is 5.56 Å². The predicted octanol–water partition coefficient (Wildman–Crippen LogP) is 3.35. The Morgan fingerprint density at radius 2 is 1.76 bits per heavy atom. The summed E-state index contributed by atoms with van der Waals surface area (Å²) in [6, 6.07) is 9.43. The largest absolute Gasteiger partial charge is 0.502 e. The van der Waals surface area contributed by atoms with Gasteiger partial charge in [-0.15, -0.1) is 0 Å². The first-order valence-corrected chi connectivity index (χ1v) is 4.95. The lowest BCUT2D eigenvalue weighted by atomic mass is 10.0. The van der Waals surface area contributed by atoms with Gasteiger partial charge in [-0.3, -0.25) is 0 Å². The normalized spacial score (nSPS) is 10.3. The van der Waals surface area contributed by atoms with Crippen molar-refractivity contribution in [1.29, 1.82) is 0 Å². The van der Waals surface area contributed by atoms with Crippen molar-refractivity contribution in [1.82, 2.24) is 0 Å². The van der Waals surface area contributed by atoms with Crippen LogP contribution in [0.1, 0.15) is 0 Å². The molecule has 0 unspecified atom stereocenters. The number of benzene rings is 2. The molecule has 0 spiro atoms. The van der Waals surface area contributed by atoms with E-state index in [0.717, 1.165) is 6.07 Å². The number of ether oxygens (including phenoxy) is 1. The zero-order valence-corrected chi connectivity index (χ0v) is 9.08. The summed E-state index contributed by atoms with van der Waals surface area (Å²) in [6.07, 6.45) is 0. The molecule has 0 saturated carbocycles. The number of phenolic OH excluding ortho intramolecular Hbond substituents is 1. The van der Waals surface area contributed by atoms with Crippen LogP contribution in [0.25, 0.3) is 11.1 Å². The summed E-state index contributed by atoms with van der Waals surface area (Å²) in [7, 11) is 1.17. The molecule has 4 heteroatoms. The van der Waals surface area contributed by atoms with Gasteiger partial charge in [-0.1, -0.05) is 30.3 Å². The minimum atomic E-state index is -0.894. The lowest BCUT2D eigenvalue weighted by Gasteiger charge is -2.10. The summed E-state index contributed by atoms with van der Waals surface area (Å²) in [5.41, 5.74) is 0.489. The molecule has 17 heavy (non-hydrogen) atoms.